The van der Waals surface area contributed by atoms with Gasteiger partial charge in [-0.25, -0.2) is 0 Å². The van der Waals surface area contributed by atoms with Crippen LogP contribution in [0, 0.1) is 5.92 Å². The second kappa shape index (κ2) is 5.85. The minimum absolute atomic E-state index is 0.537. The van der Waals surface area contributed by atoms with Gasteiger partial charge in [-0.05, 0) is 38.3 Å². The topological polar surface area (TPSA) is 47.1 Å². The molecular weight excluding hydrogens is 224 g/mol. The van der Waals surface area contributed by atoms with E-state index in [1.807, 2.05) is 0 Å². The zero-order valence-corrected chi connectivity index (χ0v) is 11.9. The summed E-state index contributed by atoms with van der Waals surface area (Å²) in [6.45, 7) is 10.5. The molecule has 102 valence electrons. The third-order valence-electron chi connectivity index (χ3n) is 4.18. The Hall–Kier alpha value is -0.870. The molecule has 1 saturated heterocycles. The first-order chi connectivity index (χ1) is 8.69. The molecule has 0 aliphatic carbocycles. The average molecular weight is 250 g/mol. The lowest BCUT2D eigenvalue weighted by Gasteiger charge is -2.25. The van der Waals surface area contributed by atoms with Crippen molar-refractivity contribution in [3.8, 4) is 0 Å². The molecule has 2 N–H and O–H groups in total. The first-order valence-electron chi connectivity index (χ1n) is 7.19. The smallest absolute Gasteiger partial charge is 0.0625 e. The van der Waals surface area contributed by atoms with Crippen LogP contribution in [0.3, 0.4) is 0 Å². The van der Waals surface area contributed by atoms with Gasteiger partial charge in [-0.15, -0.1) is 0 Å². The highest BCUT2D eigenvalue weighted by Crippen LogP contribution is 2.25. The molecule has 4 nitrogen and oxygen atoms in total. The van der Waals surface area contributed by atoms with Gasteiger partial charge < -0.3 is 5.73 Å². The molecule has 2 atom stereocenters. The average Bonchev–Trinajstić information content (AvgIpc) is 2.93. The van der Waals surface area contributed by atoms with Crippen LogP contribution in [0.1, 0.15) is 38.6 Å². The Morgan fingerprint density at radius 1 is 1.44 bits per heavy atom. The van der Waals surface area contributed by atoms with Crippen molar-refractivity contribution in [1.29, 1.82) is 0 Å². The molecule has 2 heterocycles. The van der Waals surface area contributed by atoms with Gasteiger partial charge in [0.2, 0.25) is 0 Å². The van der Waals surface area contributed by atoms with E-state index in [9.17, 15) is 0 Å². The molecule has 1 fully saturated rings. The number of hydrogen-bond acceptors (Lipinski definition) is 3. The Bertz CT molecular complexity index is 385. The summed E-state index contributed by atoms with van der Waals surface area (Å²) in [6, 6.07) is 2.79. The Morgan fingerprint density at radius 2 is 2.22 bits per heavy atom. The lowest BCUT2D eigenvalue weighted by Crippen LogP contribution is -2.38. The fourth-order valence-electron chi connectivity index (χ4n) is 2.96. The van der Waals surface area contributed by atoms with Gasteiger partial charge in [0.05, 0.1) is 11.4 Å². The lowest BCUT2D eigenvalue weighted by molar-refractivity contribution is 0.222. The minimum Gasteiger partial charge on any atom is -0.329 e. The zero-order valence-electron chi connectivity index (χ0n) is 11.9. The van der Waals surface area contributed by atoms with Gasteiger partial charge in [-0.2, -0.15) is 5.10 Å². The van der Waals surface area contributed by atoms with Crippen LogP contribution in [0.5, 0.6) is 0 Å². The third-order valence-corrected chi connectivity index (χ3v) is 4.18. The summed E-state index contributed by atoms with van der Waals surface area (Å²) >= 11 is 0. The molecule has 18 heavy (non-hydrogen) atoms. The normalized spacial score (nSPS) is 24.9. The molecule has 1 aromatic heterocycles. The van der Waals surface area contributed by atoms with Gasteiger partial charge in [-0.3, -0.25) is 9.58 Å². The van der Waals surface area contributed by atoms with E-state index >= 15 is 0 Å². The predicted molar refractivity (Wildman–Crippen MR) is 74.3 cm³/mol. The second-order valence-electron chi connectivity index (χ2n) is 5.34. The highest BCUT2D eigenvalue weighted by Gasteiger charge is 2.30. The maximum absolute atomic E-state index is 5.91. The van der Waals surface area contributed by atoms with Gasteiger partial charge in [0, 0.05) is 25.7 Å². The van der Waals surface area contributed by atoms with Gasteiger partial charge in [0.25, 0.3) is 0 Å². The molecule has 0 aromatic carbocycles. The fraction of sp³-hybridized carbons (Fsp3) is 0.786. The standard InChI is InChI=1S/C14H26N4/c1-4-12-8-13(18(5-2)16-12)10-17-7-6-11(3)14(17)9-15/h8,11,14H,4-7,9-10,15H2,1-3H3. The molecule has 0 amide bonds. The van der Waals surface area contributed by atoms with Crippen molar-refractivity contribution in [2.24, 2.45) is 11.7 Å². The first-order valence-corrected chi connectivity index (χ1v) is 7.19. The molecule has 1 aromatic rings. The first kappa shape index (κ1) is 13.6. The Morgan fingerprint density at radius 3 is 2.83 bits per heavy atom. The van der Waals surface area contributed by atoms with Crippen molar-refractivity contribution in [3.05, 3.63) is 17.5 Å². The van der Waals surface area contributed by atoms with E-state index in [0.29, 0.717) is 6.04 Å². The van der Waals surface area contributed by atoms with Crippen molar-refractivity contribution in [3.63, 3.8) is 0 Å². The van der Waals surface area contributed by atoms with E-state index in [-0.39, 0.29) is 0 Å². The monoisotopic (exact) mass is 250 g/mol. The highest BCUT2D eigenvalue weighted by molar-refractivity contribution is 5.11. The summed E-state index contributed by atoms with van der Waals surface area (Å²) < 4.78 is 2.13. The Balaban J connectivity index is 2.11. The number of likely N-dealkylation sites (tertiary alicyclic amines) is 1. The molecule has 2 rings (SSSR count). The summed E-state index contributed by atoms with van der Waals surface area (Å²) in [5, 5.41) is 4.62. The maximum Gasteiger partial charge on any atom is 0.0625 e. The molecule has 0 saturated carbocycles. The van der Waals surface area contributed by atoms with E-state index in [4.69, 9.17) is 5.73 Å². The van der Waals surface area contributed by atoms with Gasteiger partial charge in [0.15, 0.2) is 0 Å². The van der Waals surface area contributed by atoms with Crippen LogP contribution in [0.15, 0.2) is 6.07 Å². The number of nitrogens with zero attached hydrogens (tertiary/aromatic N) is 3. The number of aromatic nitrogens is 2. The number of rotatable bonds is 5. The molecule has 1 aliphatic rings. The van der Waals surface area contributed by atoms with Gasteiger partial charge >= 0.3 is 0 Å². The van der Waals surface area contributed by atoms with Crippen molar-refractivity contribution < 1.29 is 0 Å². The fourth-order valence-corrected chi connectivity index (χ4v) is 2.96. The van der Waals surface area contributed by atoms with Crippen LogP contribution in [-0.4, -0.2) is 33.8 Å². The molecule has 1 aliphatic heterocycles. The largest absolute Gasteiger partial charge is 0.329 e. The minimum atomic E-state index is 0.537. The highest BCUT2D eigenvalue weighted by atomic mass is 15.3. The third kappa shape index (κ3) is 2.59. The molecular formula is C14H26N4. The van der Waals surface area contributed by atoms with Crippen LogP contribution in [0.2, 0.25) is 0 Å². The van der Waals surface area contributed by atoms with Crippen molar-refractivity contribution in [2.75, 3.05) is 13.1 Å². The Labute approximate surface area is 110 Å². The van der Waals surface area contributed by atoms with Crippen LogP contribution >= 0.6 is 0 Å². The maximum atomic E-state index is 5.91. The molecule has 0 spiro atoms. The van der Waals surface area contributed by atoms with E-state index in [1.54, 1.807) is 0 Å². The van der Waals surface area contributed by atoms with Crippen LogP contribution < -0.4 is 5.73 Å². The van der Waals surface area contributed by atoms with Gasteiger partial charge in [-0.1, -0.05) is 13.8 Å². The predicted octanol–water partition coefficient (Wildman–Crippen LogP) is 1.63. The van der Waals surface area contributed by atoms with Crippen LogP contribution in [0.25, 0.3) is 0 Å². The number of aryl methyl sites for hydroxylation is 2. The van der Waals surface area contributed by atoms with Crippen molar-refractivity contribution in [1.82, 2.24) is 14.7 Å². The summed E-state index contributed by atoms with van der Waals surface area (Å²) in [6.07, 6.45) is 2.28. The van der Waals surface area contributed by atoms with Crippen LogP contribution in [-0.2, 0) is 19.5 Å². The van der Waals surface area contributed by atoms with Crippen molar-refractivity contribution >= 4 is 0 Å². The summed E-state index contributed by atoms with van der Waals surface area (Å²) in [5.74, 6) is 0.721. The summed E-state index contributed by atoms with van der Waals surface area (Å²) in [5.41, 5.74) is 8.44. The molecule has 0 bridgehead atoms. The molecule has 2 unspecified atom stereocenters. The molecule has 4 heteroatoms. The summed E-state index contributed by atoms with van der Waals surface area (Å²) in [4.78, 5) is 2.52. The quantitative estimate of drug-likeness (QED) is 0.864. The van der Waals surface area contributed by atoms with Gasteiger partial charge in [0.1, 0.15) is 0 Å². The van der Waals surface area contributed by atoms with E-state index in [0.717, 1.165) is 32.0 Å². The van der Waals surface area contributed by atoms with E-state index in [2.05, 4.69) is 41.5 Å². The second-order valence-corrected chi connectivity index (χ2v) is 5.34. The van der Waals surface area contributed by atoms with E-state index in [1.165, 1.54) is 24.4 Å². The van der Waals surface area contributed by atoms with Crippen LogP contribution in [0.4, 0.5) is 0 Å². The van der Waals surface area contributed by atoms with Crippen molar-refractivity contribution in [2.45, 2.75) is 52.7 Å². The number of hydrogen-bond donors (Lipinski definition) is 1. The van der Waals surface area contributed by atoms with E-state index < -0.39 is 0 Å². The Kier molecular flexibility index (Phi) is 4.40. The number of nitrogens with two attached hydrogens (primary N) is 1. The SMILES string of the molecule is CCc1cc(CN2CCC(C)C2CN)n(CC)n1. The molecule has 0 radical (unpaired) electrons. The summed E-state index contributed by atoms with van der Waals surface area (Å²) in [7, 11) is 0. The lowest BCUT2D eigenvalue weighted by atomic mass is 10.0. The zero-order chi connectivity index (χ0) is 13.1.